The number of hydrogen-bond donors (Lipinski definition) is 2. The van der Waals surface area contributed by atoms with Crippen LogP contribution >= 0.6 is 11.6 Å². The summed E-state index contributed by atoms with van der Waals surface area (Å²) in [5, 5.41) is 4.40. The van der Waals surface area contributed by atoms with E-state index >= 15 is 0 Å². The Bertz CT molecular complexity index is 1830. The van der Waals surface area contributed by atoms with Crippen LogP contribution < -0.4 is 10.2 Å². The van der Waals surface area contributed by atoms with Crippen molar-refractivity contribution in [2.75, 3.05) is 38.2 Å². The second-order valence-corrected chi connectivity index (χ2v) is 11.5. The number of H-pyrrole nitrogens is 1. The van der Waals surface area contributed by atoms with Crippen LogP contribution in [-0.2, 0) is 15.1 Å². The highest BCUT2D eigenvalue weighted by Gasteiger charge is 2.39. The van der Waals surface area contributed by atoms with Gasteiger partial charge in [-0.15, -0.1) is 0 Å². The Kier molecular flexibility index (Phi) is 8.82. The number of anilines is 2. The van der Waals surface area contributed by atoms with Gasteiger partial charge in [0.1, 0.15) is 17.8 Å². The summed E-state index contributed by atoms with van der Waals surface area (Å²) in [4.78, 5) is 41.5. The average molecular weight is 623 g/mol. The maximum absolute atomic E-state index is 13.9. The summed E-state index contributed by atoms with van der Waals surface area (Å²) < 4.78 is 6.25. The van der Waals surface area contributed by atoms with Crippen molar-refractivity contribution in [1.82, 2.24) is 25.2 Å². The highest BCUT2D eigenvalue weighted by molar-refractivity contribution is 6.33. The lowest BCUT2D eigenvalue weighted by Gasteiger charge is -2.42. The lowest BCUT2D eigenvalue weighted by atomic mass is 9.80. The fourth-order valence-electron chi connectivity index (χ4n) is 6.21. The van der Waals surface area contributed by atoms with Gasteiger partial charge >= 0.3 is 0 Å². The van der Waals surface area contributed by atoms with Crippen molar-refractivity contribution in [1.29, 1.82) is 0 Å². The molecule has 5 aromatic rings. The minimum absolute atomic E-state index is 0.0442. The van der Waals surface area contributed by atoms with Gasteiger partial charge in [-0.1, -0.05) is 60.1 Å². The summed E-state index contributed by atoms with van der Waals surface area (Å²) in [5.74, 6) is 0.536. The van der Waals surface area contributed by atoms with Gasteiger partial charge in [0.2, 0.25) is 5.91 Å². The van der Waals surface area contributed by atoms with E-state index in [1.165, 1.54) is 13.3 Å². The molecular weight excluding hydrogens is 588 g/mol. The van der Waals surface area contributed by atoms with Crippen molar-refractivity contribution in [3.63, 3.8) is 0 Å². The topological polar surface area (TPSA) is 103 Å². The highest BCUT2D eigenvalue weighted by Crippen LogP contribution is 2.43. The number of hydrogen-bond acceptors (Lipinski definition) is 6. The van der Waals surface area contributed by atoms with Gasteiger partial charge in [-0.3, -0.25) is 9.59 Å². The first-order valence-corrected chi connectivity index (χ1v) is 15.4. The number of ether oxygens (including phenoxy) is 1. The van der Waals surface area contributed by atoms with Crippen LogP contribution in [0.1, 0.15) is 35.7 Å². The molecule has 0 aliphatic carbocycles. The van der Waals surface area contributed by atoms with Crippen molar-refractivity contribution in [3.05, 3.63) is 108 Å². The fourth-order valence-corrected chi connectivity index (χ4v) is 6.45. The van der Waals surface area contributed by atoms with Crippen LogP contribution in [0.2, 0.25) is 5.02 Å². The molecule has 2 N–H and O–H groups in total. The molecule has 0 unspecified atom stereocenters. The highest BCUT2D eigenvalue weighted by atomic mass is 35.5. The van der Waals surface area contributed by atoms with Gasteiger partial charge in [0, 0.05) is 68.2 Å². The second kappa shape index (κ2) is 13.1. The third-order valence-corrected chi connectivity index (χ3v) is 8.86. The van der Waals surface area contributed by atoms with Gasteiger partial charge in [-0.25, -0.2) is 9.97 Å². The summed E-state index contributed by atoms with van der Waals surface area (Å²) in [7, 11) is 1.74. The summed E-state index contributed by atoms with van der Waals surface area (Å²) in [6, 6.07) is 25.5. The molecule has 3 aromatic carbocycles. The number of carbonyl (C=O) groups excluding carboxylic acids is 2. The van der Waals surface area contributed by atoms with E-state index in [1.807, 2.05) is 82.7 Å². The molecule has 10 heteroatoms. The normalized spacial score (nSPS) is 14.3. The maximum atomic E-state index is 13.9. The van der Waals surface area contributed by atoms with Crippen LogP contribution in [-0.4, -0.2) is 65.0 Å². The van der Waals surface area contributed by atoms with Gasteiger partial charge in [0.15, 0.2) is 0 Å². The second-order valence-electron chi connectivity index (χ2n) is 11.1. The van der Waals surface area contributed by atoms with Gasteiger partial charge in [-0.05, 0) is 54.3 Å². The van der Waals surface area contributed by atoms with E-state index in [1.54, 1.807) is 7.11 Å². The predicted octanol–water partition coefficient (Wildman–Crippen LogP) is 6.33. The summed E-state index contributed by atoms with van der Waals surface area (Å²) in [6.45, 7) is 3.43. The number of likely N-dealkylation sites (tertiary alicyclic amines) is 1. The number of amides is 2. The number of nitrogens with one attached hydrogen (secondary N) is 2. The van der Waals surface area contributed by atoms with Crippen LogP contribution in [0.25, 0.3) is 22.2 Å². The van der Waals surface area contributed by atoms with E-state index in [9.17, 15) is 9.59 Å². The van der Waals surface area contributed by atoms with Crippen LogP contribution in [0, 0.1) is 0 Å². The number of benzene rings is 3. The molecule has 2 aromatic heterocycles. The number of nitrogens with zero attached hydrogens (tertiary/aromatic N) is 4. The molecule has 1 saturated heterocycles. The number of fused-ring (bicyclic) bond motifs is 1. The maximum Gasteiger partial charge on any atom is 0.253 e. The number of aromatic amines is 1. The standard InChI is InChI=1S/C35H35ClN6O3/c1-24(43)37-18-21-42(33-29-14-17-38-32(29)39-23-40-33)26-9-7-8-25(22-26)34(44)41-19-15-35(45-2,16-20-41)30-12-5-3-10-27(30)28-11-4-6-13-31(28)36/h3-14,17,22-23H,15-16,18-21H2,1-2H3,(H,37,43)(H,38,39,40). The number of rotatable bonds is 9. The molecule has 9 nitrogen and oxygen atoms in total. The fraction of sp³-hybridized carbons (Fsp3) is 0.257. The van der Waals surface area contributed by atoms with Crippen molar-refractivity contribution >= 4 is 46.0 Å². The van der Waals surface area contributed by atoms with Crippen molar-refractivity contribution in [2.24, 2.45) is 0 Å². The summed E-state index contributed by atoms with van der Waals surface area (Å²) in [6.07, 6.45) is 4.61. The SMILES string of the molecule is COC1(c2ccccc2-c2ccccc2Cl)CCN(C(=O)c2cccc(N(CCNC(C)=O)c3ncnc4[nH]ccc34)c2)CC1. The Hall–Kier alpha value is -4.73. The Morgan fingerprint density at radius 3 is 2.51 bits per heavy atom. The van der Waals surface area contributed by atoms with Crippen molar-refractivity contribution in [3.8, 4) is 11.1 Å². The molecular formula is C35H35ClN6O3. The van der Waals surface area contributed by atoms with Crippen molar-refractivity contribution < 1.29 is 14.3 Å². The lowest BCUT2D eigenvalue weighted by molar-refractivity contribution is -0.118. The molecule has 1 aliphatic heterocycles. The van der Waals surface area contributed by atoms with E-state index in [0.29, 0.717) is 61.1 Å². The Morgan fingerprint density at radius 1 is 1.00 bits per heavy atom. The quantitative estimate of drug-likeness (QED) is 0.199. The van der Waals surface area contributed by atoms with E-state index < -0.39 is 5.60 Å². The van der Waals surface area contributed by atoms with Crippen molar-refractivity contribution in [2.45, 2.75) is 25.4 Å². The smallest absolute Gasteiger partial charge is 0.253 e. The Morgan fingerprint density at radius 2 is 1.76 bits per heavy atom. The molecule has 1 fully saturated rings. The number of piperidine rings is 1. The summed E-state index contributed by atoms with van der Waals surface area (Å²) in [5.41, 5.74) is 4.61. The number of aromatic nitrogens is 3. The zero-order valence-electron chi connectivity index (χ0n) is 25.3. The average Bonchev–Trinajstić information content (AvgIpc) is 3.56. The molecule has 2 amide bonds. The van der Waals surface area contributed by atoms with Gasteiger partial charge in [0.05, 0.1) is 11.0 Å². The molecule has 0 saturated carbocycles. The van der Waals surface area contributed by atoms with Crippen LogP contribution in [0.15, 0.2) is 91.4 Å². The molecule has 6 rings (SSSR count). The Balaban J connectivity index is 1.25. The monoisotopic (exact) mass is 622 g/mol. The van der Waals surface area contributed by atoms with Crippen LogP contribution in [0.5, 0.6) is 0 Å². The molecule has 1 aliphatic rings. The van der Waals surface area contributed by atoms with E-state index in [4.69, 9.17) is 16.3 Å². The first kappa shape index (κ1) is 30.3. The molecule has 0 atom stereocenters. The van der Waals surface area contributed by atoms with Gasteiger partial charge < -0.3 is 24.8 Å². The first-order valence-electron chi connectivity index (χ1n) is 15.0. The lowest BCUT2D eigenvalue weighted by Crippen LogP contribution is -2.46. The number of carbonyl (C=O) groups is 2. The van der Waals surface area contributed by atoms with Gasteiger partial charge in [0.25, 0.3) is 5.91 Å². The third kappa shape index (κ3) is 6.14. The minimum Gasteiger partial charge on any atom is -0.373 e. The number of halogens is 1. The molecule has 0 spiro atoms. The minimum atomic E-state index is -0.552. The molecule has 3 heterocycles. The molecule has 0 bridgehead atoms. The van der Waals surface area contributed by atoms with Crippen LogP contribution in [0.4, 0.5) is 11.5 Å². The molecule has 230 valence electrons. The third-order valence-electron chi connectivity index (χ3n) is 8.53. The largest absolute Gasteiger partial charge is 0.373 e. The molecule has 45 heavy (non-hydrogen) atoms. The van der Waals surface area contributed by atoms with Crippen LogP contribution in [0.3, 0.4) is 0 Å². The summed E-state index contributed by atoms with van der Waals surface area (Å²) >= 11 is 6.61. The molecule has 0 radical (unpaired) electrons. The van der Waals surface area contributed by atoms with E-state index in [0.717, 1.165) is 27.8 Å². The number of methoxy groups -OCH3 is 1. The van der Waals surface area contributed by atoms with E-state index in [-0.39, 0.29) is 11.8 Å². The Labute approximate surface area is 267 Å². The first-order chi connectivity index (χ1) is 21.9. The predicted molar refractivity (Wildman–Crippen MR) is 177 cm³/mol. The van der Waals surface area contributed by atoms with Gasteiger partial charge in [-0.2, -0.15) is 0 Å². The zero-order chi connectivity index (χ0) is 31.4. The zero-order valence-corrected chi connectivity index (χ0v) is 26.1. The van der Waals surface area contributed by atoms with E-state index in [2.05, 4.69) is 32.4 Å².